The third-order valence-corrected chi connectivity index (χ3v) is 2.63. The van der Waals surface area contributed by atoms with Crippen LogP contribution in [0.25, 0.3) is 0 Å². The number of hydrogen-bond donors (Lipinski definition) is 2. The van der Waals surface area contributed by atoms with Gasteiger partial charge in [-0.1, -0.05) is 6.07 Å². The Balaban J connectivity index is 2.52. The van der Waals surface area contributed by atoms with Crippen LogP contribution in [0.2, 0.25) is 0 Å². The monoisotopic (exact) mass is 320 g/mol. The van der Waals surface area contributed by atoms with Crippen LogP contribution in [0.5, 0.6) is 5.75 Å². The number of carboxylic acids is 1. The maximum absolute atomic E-state index is 11.6. The molecule has 0 aliphatic rings. The minimum Gasteiger partial charge on any atom is -0.493 e. The van der Waals surface area contributed by atoms with E-state index in [0.717, 1.165) is 0 Å². The molecule has 1 amide bonds. The molecule has 7 heteroatoms. The van der Waals surface area contributed by atoms with Crippen LogP contribution in [0.4, 0.5) is 4.79 Å². The lowest BCUT2D eigenvalue weighted by Gasteiger charge is -2.22. The van der Waals surface area contributed by atoms with Gasteiger partial charge in [0.2, 0.25) is 0 Å². The first kappa shape index (κ1) is 18.3. The second-order valence-corrected chi connectivity index (χ2v) is 5.81. The number of nitriles is 1. The molecule has 124 valence electrons. The molecule has 0 aliphatic carbocycles. The van der Waals surface area contributed by atoms with Gasteiger partial charge in [-0.15, -0.1) is 0 Å². The molecule has 0 heterocycles. The van der Waals surface area contributed by atoms with E-state index in [1.54, 1.807) is 45.0 Å². The van der Waals surface area contributed by atoms with Crippen LogP contribution < -0.4 is 10.1 Å². The lowest BCUT2D eigenvalue weighted by atomic mass is 10.2. The summed E-state index contributed by atoms with van der Waals surface area (Å²) in [6.45, 7) is 5.14. The van der Waals surface area contributed by atoms with Crippen LogP contribution in [0.1, 0.15) is 32.8 Å². The minimum absolute atomic E-state index is 0.0609. The first-order chi connectivity index (χ1) is 10.7. The Hall–Kier alpha value is -2.75. The van der Waals surface area contributed by atoms with E-state index in [1.807, 2.05) is 6.07 Å². The van der Waals surface area contributed by atoms with Crippen molar-refractivity contribution in [3.05, 3.63) is 29.8 Å². The van der Waals surface area contributed by atoms with Crippen molar-refractivity contribution in [2.45, 2.75) is 38.8 Å². The molecule has 1 rings (SSSR count). The van der Waals surface area contributed by atoms with Gasteiger partial charge in [0.15, 0.2) is 0 Å². The molecule has 0 aromatic heterocycles. The summed E-state index contributed by atoms with van der Waals surface area (Å²) in [5, 5.41) is 20.2. The van der Waals surface area contributed by atoms with E-state index < -0.39 is 23.7 Å². The molecule has 23 heavy (non-hydrogen) atoms. The van der Waals surface area contributed by atoms with Gasteiger partial charge in [0, 0.05) is 6.42 Å². The van der Waals surface area contributed by atoms with Crippen LogP contribution in [0, 0.1) is 11.3 Å². The predicted octanol–water partition coefficient (Wildman–Crippen LogP) is 2.31. The topological polar surface area (TPSA) is 109 Å². The molecule has 1 aromatic rings. The van der Waals surface area contributed by atoms with Crippen molar-refractivity contribution in [1.82, 2.24) is 5.32 Å². The molecule has 1 atom stereocenters. The summed E-state index contributed by atoms with van der Waals surface area (Å²) in [6.07, 6.45) is -0.734. The van der Waals surface area contributed by atoms with Crippen molar-refractivity contribution >= 4 is 12.1 Å². The van der Waals surface area contributed by atoms with Crippen molar-refractivity contribution < 1.29 is 24.2 Å². The summed E-state index contributed by atoms with van der Waals surface area (Å²) in [4.78, 5) is 22.8. The Morgan fingerprint density at radius 2 is 2.09 bits per heavy atom. The van der Waals surface area contributed by atoms with Crippen LogP contribution in [-0.4, -0.2) is 35.4 Å². The zero-order valence-corrected chi connectivity index (χ0v) is 13.3. The van der Waals surface area contributed by atoms with E-state index >= 15 is 0 Å². The first-order valence-corrected chi connectivity index (χ1v) is 7.06. The van der Waals surface area contributed by atoms with Gasteiger partial charge < -0.3 is 19.9 Å². The lowest BCUT2D eigenvalue weighted by molar-refractivity contribution is -0.139. The van der Waals surface area contributed by atoms with Crippen LogP contribution in [0.15, 0.2) is 24.3 Å². The van der Waals surface area contributed by atoms with Gasteiger partial charge >= 0.3 is 12.1 Å². The van der Waals surface area contributed by atoms with E-state index in [4.69, 9.17) is 19.8 Å². The highest BCUT2D eigenvalue weighted by atomic mass is 16.6. The molecular formula is C16H20N2O5. The summed E-state index contributed by atoms with van der Waals surface area (Å²) in [5.74, 6) is -0.712. The maximum atomic E-state index is 11.6. The van der Waals surface area contributed by atoms with E-state index in [2.05, 4.69) is 5.32 Å². The van der Waals surface area contributed by atoms with Crippen molar-refractivity contribution in [1.29, 1.82) is 5.26 Å². The average molecular weight is 320 g/mol. The Bertz CT molecular complexity index is 601. The zero-order valence-electron chi connectivity index (χ0n) is 13.3. The van der Waals surface area contributed by atoms with Gasteiger partial charge in [0.1, 0.15) is 17.4 Å². The number of hydrogen-bond acceptors (Lipinski definition) is 5. The Kier molecular flexibility index (Phi) is 6.39. The zero-order chi connectivity index (χ0) is 17.5. The number of carbonyl (C=O) groups is 2. The van der Waals surface area contributed by atoms with Gasteiger partial charge in [-0.3, -0.25) is 0 Å². The molecular weight excluding hydrogens is 300 g/mol. The number of nitrogens with zero attached hydrogens (tertiary/aromatic N) is 1. The molecule has 7 nitrogen and oxygen atoms in total. The first-order valence-electron chi connectivity index (χ1n) is 7.06. The highest BCUT2D eigenvalue weighted by Crippen LogP contribution is 2.13. The van der Waals surface area contributed by atoms with E-state index in [9.17, 15) is 9.59 Å². The Morgan fingerprint density at radius 3 is 2.65 bits per heavy atom. The van der Waals surface area contributed by atoms with E-state index in [0.29, 0.717) is 11.3 Å². The SMILES string of the molecule is CC(C)(C)OC(=O)N[C@@H](CCOc1cccc(C#N)c1)C(=O)O. The third-order valence-electron chi connectivity index (χ3n) is 2.63. The van der Waals surface area contributed by atoms with Gasteiger partial charge in [0.05, 0.1) is 18.2 Å². The smallest absolute Gasteiger partial charge is 0.408 e. The van der Waals surface area contributed by atoms with Crippen LogP contribution in [0.3, 0.4) is 0 Å². The molecule has 0 saturated heterocycles. The number of benzene rings is 1. The summed E-state index contributed by atoms with van der Waals surface area (Å²) in [5.41, 5.74) is -0.259. The summed E-state index contributed by atoms with van der Waals surface area (Å²) >= 11 is 0. The summed E-state index contributed by atoms with van der Waals surface area (Å²) in [6, 6.07) is 7.38. The number of carbonyl (C=O) groups excluding carboxylic acids is 1. The molecule has 0 radical (unpaired) electrons. The largest absolute Gasteiger partial charge is 0.493 e. The fourth-order valence-corrected chi connectivity index (χ4v) is 1.66. The van der Waals surface area contributed by atoms with E-state index in [-0.39, 0.29) is 13.0 Å². The maximum Gasteiger partial charge on any atom is 0.408 e. The van der Waals surface area contributed by atoms with Gasteiger partial charge in [-0.05, 0) is 39.0 Å². The number of alkyl carbamates (subject to hydrolysis) is 1. The highest BCUT2D eigenvalue weighted by Gasteiger charge is 2.23. The second-order valence-electron chi connectivity index (χ2n) is 5.81. The molecule has 1 aromatic carbocycles. The molecule has 0 unspecified atom stereocenters. The summed E-state index contributed by atoms with van der Waals surface area (Å²) in [7, 11) is 0. The quantitative estimate of drug-likeness (QED) is 0.832. The number of carboxylic acid groups (broad SMARTS) is 1. The number of rotatable bonds is 6. The fraction of sp³-hybridized carbons (Fsp3) is 0.438. The second kappa shape index (κ2) is 8.03. The van der Waals surface area contributed by atoms with Crippen molar-refractivity contribution in [2.75, 3.05) is 6.61 Å². The molecule has 0 aliphatic heterocycles. The fourth-order valence-electron chi connectivity index (χ4n) is 1.66. The number of nitrogens with one attached hydrogen (secondary N) is 1. The Morgan fingerprint density at radius 1 is 1.39 bits per heavy atom. The normalized spacial score (nSPS) is 11.9. The number of amides is 1. The van der Waals surface area contributed by atoms with Crippen LogP contribution in [-0.2, 0) is 9.53 Å². The summed E-state index contributed by atoms with van der Waals surface area (Å²) < 4.78 is 10.4. The average Bonchev–Trinajstić information content (AvgIpc) is 2.44. The lowest BCUT2D eigenvalue weighted by Crippen LogP contribution is -2.44. The minimum atomic E-state index is -1.18. The molecule has 0 saturated carbocycles. The third kappa shape index (κ3) is 7.18. The van der Waals surface area contributed by atoms with E-state index in [1.165, 1.54) is 0 Å². The van der Waals surface area contributed by atoms with Crippen LogP contribution >= 0.6 is 0 Å². The standard InChI is InChI=1S/C16H20N2O5/c1-16(2,3)23-15(21)18-13(14(19)20)7-8-22-12-6-4-5-11(9-12)10-17/h4-6,9,13H,7-8H2,1-3H3,(H,18,21)(H,19,20)/t13-/m0/s1. The molecule has 0 bridgehead atoms. The van der Waals surface area contributed by atoms with Crippen molar-refractivity contribution in [3.63, 3.8) is 0 Å². The highest BCUT2D eigenvalue weighted by molar-refractivity contribution is 5.79. The van der Waals surface area contributed by atoms with Crippen molar-refractivity contribution in [3.8, 4) is 11.8 Å². The van der Waals surface area contributed by atoms with Gasteiger partial charge in [-0.25, -0.2) is 9.59 Å². The van der Waals surface area contributed by atoms with Gasteiger partial charge in [0.25, 0.3) is 0 Å². The predicted molar refractivity (Wildman–Crippen MR) is 82.1 cm³/mol. The number of aliphatic carboxylic acids is 1. The molecule has 0 fully saturated rings. The molecule has 2 N–H and O–H groups in total. The van der Waals surface area contributed by atoms with Crippen molar-refractivity contribution in [2.24, 2.45) is 0 Å². The number of ether oxygens (including phenoxy) is 2. The molecule has 0 spiro atoms. The Labute approximate surface area is 134 Å². The van der Waals surface area contributed by atoms with Gasteiger partial charge in [-0.2, -0.15) is 5.26 Å².